The fraction of sp³-hybridized carbons (Fsp3) is 0. The minimum absolute atomic E-state index is 0. The quantitative estimate of drug-likeness (QED) is 0.161. The molecule has 0 spiro atoms. The first-order chi connectivity index (χ1) is 10.4. The molecule has 0 rings (SSSR count). The third kappa shape index (κ3) is 589. The molecule has 0 aromatic heterocycles. The van der Waals surface area contributed by atoms with Crippen LogP contribution in [0.15, 0.2) is 0 Å². The molecule has 0 fully saturated rings. The molecule has 0 saturated heterocycles. The summed E-state index contributed by atoms with van der Waals surface area (Å²) >= 11 is -24.1. The molecular formula is Ba2I6O18Ti. The fourth-order valence-corrected chi connectivity index (χ4v) is 0. The van der Waals surface area contributed by atoms with E-state index in [0.717, 1.165) is 0 Å². The summed E-state index contributed by atoms with van der Waals surface area (Å²) in [6, 6.07) is 0. The first-order valence-electron chi connectivity index (χ1n) is 2.78. The van der Waals surface area contributed by atoms with Crippen molar-refractivity contribution < 1.29 is 210 Å². The Morgan fingerprint density at radius 2 is 0.222 bits per heavy atom. The summed E-state index contributed by atoms with van der Waals surface area (Å²) in [5.74, 6) is 0. The van der Waals surface area contributed by atoms with Gasteiger partial charge < -0.3 is 61.8 Å². The van der Waals surface area contributed by atoms with Gasteiger partial charge in [-0.2, -0.15) is 0 Å². The van der Waals surface area contributed by atoms with E-state index in [0.29, 0.717) is 0 Å². The standard InChI is InChI=1S/2Ba.6IO3.Ti/c;;6*2-1(3)4;/q2*+2;6*-1;+2. The van der Waals surface area contributed by atoms with E-state index >= 15 is 0 Å². The first-order valence-corrected chi connectivity index (χ1v) is 18.6. The summed E-state index contributed by atoms with van der Waals surface area (Å²) < 4.78 is 154. The second kappa shape index (κ2) is 54.4. The Bertz CT molecular complexity index is 111. The number of hydrogen-bond donors (Lipinski definition) is 0. The van der Waals surface area contributed by atoms with Crippen molar-refractivity contribution in [1.82, 2.24) is 0 Å². The molecule has 0 heterocycles. The molecule has 18 nitrogen and oxygen atoms in total. The van der Waals surface area contributed by atoms with Crippen LogP contribution in [0.3, 0.4) is 0 Å². The van der Waals surface area contributed by atoms with Crippen LogP contribution in [0, 0.1) is 0 Å². The van der Waals surface area contributed by atoms with Crippen molar-refractivity contribution in [2.45, 2.75) is 0 Å². The van der Waals surface area contributed by atoms with Gasteiger partial charge in [0, 0.05) is 0 Å². The summed E-state index contributed by atoms with van der Waals surface area (Å²) in [5.41, 5.74) is 0. The topological polar surface area (TPSA) is 415 Å². The van der Waals surface area contributed by atoms with Crippen molar-refractivity contribution in [3.8, 4) is 0 Å². The second-order valence-corrected chi connectivity index (χ2v) is 7.61. The first kappa shape index (κ1) is 59.6. The Balaban J connectivity index is -0.0000000201. The van der Waals surface area contributed by atoms with E-state index < -0.39 is 126 Å². The van der Waals surface area contributed by atoms with Gasteiger partial charge >= 0.3 is 119 Å². The molecule has 27 heavy (non-hydrogen) atoms. The van der Waals surface area contributed by atoms with Crippen LogP contribution in [0.1, 0.15) is 0 Å². The molecule has 0 aromatic rings. The fourth-order valence-electron chi connectivity index (χ4n) is 0. The summed E-state index contributed by atoms with van der Waals surface area (Å²) in [7, 11) is 0. The minimum Gasteiger partial charge on any atom is -0.427 e. The second-order valence-electron chi connectivity index (χ2n) is 1.13. The number of halogens is 6. The molecule has 0 N–H and O–H groups in total. The van der Waals surface area contributed by atoms with Gasteiger partial charge in [-0.05, 0) is 0 Å². The van der Waals surface area contributed by atoms with Gasteiger partial charge in [0.2, 0.25) is 0 Å². The zero-order valence-electron chi connectivity index (χ0n) is 11.5. The van der Waals surface area contributed by atoms with Crippen molar-refractivity contribution in [3.63, 3.8) is 0 Å². The van der Waals surface area contributed by atoms with Gasteiger partial charge in [-0.1, -0.05) is 0 Å². The van der Waals surface area contributed by atoms with E-state index in [4.69, 9.17) is 61.8 Å². The molecule has 0 saturated carbocycles. The molecule has 27 heteroatoms. The molecule has 0 radical (unpaired) electrons. The van der Waals surface area contributed by atoms with Crippen LogP contribution in [0.4, 0.5) is 0 Å². The van der Waals surface area contributed by atoms with Gasteiger partial charge in [0.05, 0.1) is 0 Å². The van der Waals surface area contributed by atoms with Gasteiger partial charge in [-0.3, -0.25) is 0 Å². The molecule has 0 unspecified atom stereocenters. The molecule has 0 aromatic carbocycles. The van der Waals surface area contributed by atoms with E-state index in [1.807, 2.05) is 0 Å². The normalized spacial score (nSPS) is 8.00. The molecule has 0 atom stereocenters. The van der Waals surface area contributed by atoms with Crippen molar-refractivity contribution >= 4 is 97.8 Å². The van der Waals surface area contributed by atoms with Gasteiger partial charge in [-0.25, -0.2) is 0 Å². The third-order valence-corrected chi connectivity index (χ3v) is 0. The zero-order valence-corrected chi connectivity index (χ0v) is 34.9. The summed E-state index contributed by atoms with van der Waals surface area (Å²) in [5, 5.41) is 0. The number of rotatable bonds is 0. The van der Waals surface area contributed by atoms with Crippen molar-refractivity contribution in [1.29, 1.82) is 0 Å². The van der Waals surface area contributed by atoms with E-state index in [9.17, 15) is 0 Å². The van der Waals surface area contributed by atoms with Gasteiger partial charge in [0.1, 0.15) is 0 Å². The number of hydrogen-bond acceptors (Lipinski definition) is 18. The van der Waals surface area contributed by atoms with Crippen LogP contribution >= 0.6 is 0 Å². The SMILES string of the molecule is [Ba+2].[Ba+2].[O-][I+2]([O-])[O-].[O-][I+2]([O-])[O-].[O-][I+2]([O-])[O-].[O-][I+2]([O-])[O-].[O-][I+2]([O-])[O-].[O-][I+2]([O-])[O-].[Ti+2]. The monoisotopic (exact) mass is 1370 g/mol. The van der Waals surface area contributed by atoms with Crippen LogP contribution in [-0.4, -0.2) is 97.8 Å². The van der Waals surface area contributed by atoms with Gasteiger partial charge in [-0.15, -0.1) is 0 Å². The maximum absolute atomic E-state index is 8.57. The Labute approximate surface area is 299 Å². The molecule has 0 aliphatic heterocycles. The predicted octanol–water partition coefficient (Wildman–Crippen LogP) is -40.1. The summed E-state index contributed by atoms with van der Waals surface area (Å²) in [6.45, 7) is 0. The Kier molecular flexibility index (Phi) is 120. The van der Waals surface area contributed by atoms with Crippen molar-refractivity contribution in [2.75, 3.05) is 0 Å². The average Bonchev–Trinajstić information content (AvgIpc) is 2.08. The zero-order chi connectivity index (χ0) is 21.5. The van der Waals surface area contributed by atoms with E-state index in [1.54, 1.807) is 0 Å². The minimum atomic E-state index is -4.01. The largest absolute Gasteiger partial charge is 2.00 e. The maximum Gasteiger partial charge on any atom is 2.00 e. The van der Waals surface area contributed by atoms with Gasteiger partial charge in [0.15, 0.2) is 0 Å². The van der Waals surface area contributed by atoms with Crippen LogP contribution in [0.2, 0.25) is 0 Å². The predicted molar refractivity (Wildman–Crippen MR) is 11.5 cm³/mol. The average molecular weight is 1370 g/mol. The molecular weight excluding hydrogens is 1370 g/mol. The Hall–Kier alpha value is 7.52. The van der Waals surface area contributed by atoms with Gasteiger partial charge in [0.25, 0.3) is 126 Å². The smallest absolute Gasteiger partial charge is 0.427 e. The Morgan fingerprint density at radius 3 is 0.222 bits per heavy atom. The summed E-state index contributed by atoms with van der Waals surface area (Å²) in [4.78, 5) is 0. The third-order valence-electron chi connectivity index (χ3n) is 0. The van der Waals surface area contributed by atoms with Crippen LogP contribution < -0.4 is 188 Å². The van der Waals surface area contributed by atoms with Crippen LogP contribution in [0.25, 0.3) is 0 Å². The van der Waals surface area contributed by atoms with E-state index in [2.05, 4.69) is 0 Å². The van der Waals surface area contributed by atoms with Crippen molar-refractivity contribution in [3.05, 3.63) is 0 Å². The van der Waals surface area contributed by atoms with Crippen molar-refractivity contribution in [2.24, 2.45) is 0 Å². The molecule has 0 amide bonds. The summed E-state index contributed by atoms with van der Waals surface area (Å²) in [6.07, 6.45) is 0. The van der Waals surface area contributed by atoms with E-state index in [-0.39, 0.29) is 119 Å². The molecule has 0 aliphatic rings. The van der Waals surface area contributed by atoms with Crippen LogP contribution in [0.5, 0.6) is 0 Å². The molecule has 0 bridgehead atoms. The van der Waals surface area contributed by atoms with E-state index in [1.165, 1.54) is 0 Å². The Morgan fingerprint density at radius 1 is 0.222 bits per heavy atom. The van der Waals surface area contributed by atoms with Crippen LogP contribution in [-0.2, 0) is 21.7 Å². The molecule has 158 valence electrons. The maximum atomic E-state index is 8.57. The molecule has 0 aliphatic carbocycles.